The Bertz CT molecular complexity index is 349. The van der Waals surface area contributed by atoms with E-state index in [0.29, 0.717) is 0 Å². The molecule has 132 valence electrons. The summed E-state index contributed by atoms with van der Waals surface area (Å²) in [6, 6.07) is 0. The Morgan fingerprint density at radius 3 is 2.26 bits per heavy atom. The van der Waals surface area contributed by atoms with Gasteiger partial charge in [-0.2, -0.15) is 23.5 Å². The molecule has 0 aromatic carbocycles. The molecule has 0 aliphatic rings. The number of hydrogen-bond acceptors (Lipinski definition) is 3. The summed E-state index contributed by atoms with van der Waals surface area (Å²) >= 11 is 3.73. The molecule has 0 atom stereocenters. The second-order valence-corrected chi connectivity index (χ2v) is 7.59. The summed E-state index contributed by atoms with van der Waals surface area (Å²) in [5.41, 5.74) is 0. The molecule has 0 aromatic rings. The Morgan fingerprint density at radius 2 is 1.57 bits per heavy atom. The molecule has 0 rings (SSSR count). The maximum absolute atomic E-state index is 10.3. The van der Waals surface area contributed by atoms with Gasteiger partial charge in [0.25, 0.3) is 0 Å². The van der Waals surface area contributed by atoms with Crippen LogP contribution in [0.25, 0.3) is 0 Å². The standard InChI is InChI=1S/C19H32O2S2/c1-2-15-22-16-12-10-8-6-4-3-5-7-9-11-13-17-23-18-14-19(20)21/h4-7,10,12H,2-3,8-9,11,13-18H2,1H3,(H,20,21)/b6-4+,7-5+,12-10+. The highest BCUT2D eigenvalue weighted by Crippen LogP contribution is 2.08. The molecular formula is C19H32O2S2. The third-order valence-corrected chi connectivity index (χ3v) is 5.17. The van der Waals surface area contributed by atoms with Crippen molar-refractivity contribution in [1.82, 2.24) is 0 Å². The highest BCUT2D eigenvalue weighted by molar-refractivity contribution is 7.99. The van der Waals surface area contributed by atoms with Crippen molar-refractivity contribution < 1.29 is 9.90 Å². The lowest BCUT2D eigenvalue weighted by Gasteiger charge is -1.98. The van der Waals surface area contributed by atoms with E-state index in [-0.39, 0.29) is 6.42 Å². The van der Waals surface area contributed by atoms with E-state index in [1.807, 2.05) is 11.8 Å². The molecule has 1 N–H and O–H groups in total. The summed E-state index contributed by atoms with van der Waals surface area (Å²) in [5, 5.41) is 8.52. The van der Waals surface area contributed by atoms with Crippen LogP contribution in [0.4, 0.5) is 0 Å². The molecule has 0 heterocycles. The Hall–Kier alpha value is -0.610. The molecule has 0 radical (unpaired) electrons. The molecular weight excluding hydrogens is 324 g/mol. The number of carbonyl (C=O) groups is 1. The van der Waals surface area contributed by atoms with Gasteiger partial charge >= 0.3 is 5.97 Å². The summed E-state index contributed by atoms with van der Waals surface area (Å²) in [6.07, 6.45) is 20.5. The maximum atomic E-state index is 10.3. The van der Waals surface area contributed by atoms with E-state index in [4.69, 9.17) is 5.11 Å². The molecule has 0 aliphatic heterocycles. The van der Waals surface area contributed by atoms with Crippen LogP contribution in [0, 0.1) is 0 Å². The smallest absolute Gasteiger partial charge is 0.304 e. The molecule has 0 saturated heterocycles. The third-order valence-electron chi connectivity index (χ3n) is 2.98. The first-order chi connectivity index (χ1) is 11.3. The van der Waals surface area contributed by atoms with Gasteiger partial charge in [-0.25, -0.2) is 0 Å². The predicted octanol–water partition coefficient (Wildman–Crippen LogP) is 5.96. The monoisotopic (exact) mass is 356 g/mol. The summed E-state index contributed by atoms with van der Waals surface area (Å²) in [5.74, 6) is 3.51. The number of aliphatic carboxylic acids is 1. The molecule has 4 heteroatoms. The van der Waals surface area contributed by atoms with Crippen molar-refractivity contribution in [2.24, 2.45) is 0 Å². The molecule has 0 amide bonds. The average molecular weight is 357 g/mol. The van der Waals surface area contributed by atoms with Crippen molar-refractivity contribution in [3.63, 3.8) is 0 Å². The number of allylic oxidation sites excluding steroid dienone is 5. The first kappa shape index (κ1) is 22.4. The van der Waals surface area contributed by atoms with Crippen LogP contribution in [-0.2, 0) is 4.79 Å². The molecule has 0 bridgehead atoms. The van der Waals surface area contributed by atoms with Gasteiger partial charge in [0, 0.05) is 11.5 Å². The Kier molecular flexibility index (Phi) is 18.9. The van der Waals surface area contributed by atoms with Crippen LogP contribution in [0.2, 0.25) is 0 Å². The summed E-state index contributed by atoms with van der Waals surface area (Å²) in [4.78, 5) is 10.3. The van der Waals surface area contributed by atoms with E-state index in [0.717, 1.165) is 36.5 Å². The van der Waals surface area contributed by atoms with Gasteiger partial charge < -0.3 is 5.11 Å². The van der Waals surface area contributed by atoms with E-state index in [2.05, 4.69) is 43.4 Å². The number of carboxylic acid groups (broad SMARTS) is 1. The Labute approximate surface area is 150 Å². The van der Waals surface area contributed by atoms with Crippen LogP contribution < -0.4 is 0 Å². The quantitative estimate of drug-likeness (QED) is 0.274. The van der Waals surface area contributed by atoms with Crippen molar-refractivity contribution >= 4 is 29.5 Å². The van der Waals surface area contributed by atoms with Crippen LogP contribution in [0.3, 0.4) is 0 Å². The van der Waals surface area contributed by atoms with E-state index in [9.17, 15) is 4.79 Å². The first-order valence-electron chi connectivity index (χ1n) is 8.59. The minimum Gasteiger partial charge on any atom is -0.481 e. The zero-order chi connectivity index (χ0) is 17.0. The first-order valence-corrected chi connectivity index (χ1v) is 10.9. The zero-order valence-corrected chi connectivity index (χ0v) is 16.0. The predicted molar refractivity (Wildman–Crippen MR) is 108 cm³/mol. The number of thioether (sulfide) groups is 2. The normalized spacial score (nSPS) is 12.0. The lowest BCUT2D eigenvalue weighted by Crippen LogP contribution is -1.96. The van der Waals surface area contributed by atoms with Gasteiger partial charge in [0.15, 0.2) is 0 Å². The molecule has 0 saturated carbocycles. The fourth-order valence-corrected chi connectivity index (χ4v) is 3.41. The number of hydrogen-bond donors (Lipinski definition) is 1. The van der Waals surface area contributed by atoms with Crippen LogP contribution in [0.15, 0.2) is 36.5 Å². The minimum atomic E-state index is -0.695. The molecule has 0 aromatic heterocycles. The highest BCUT2D eigenvalue weighted by atomic mass is 32.2. The summed E-state index contributed by atoms with van der Waals surface area (Å²) in [6.45, 7) is 2.22. The number of rotatable bonds is 16. The minimum absolute atomic E-state index is 0.281. The van der Waals surface area contributed by atoms with Gasteiger partial charge in [-0.15, -0.1) is 0 Å². The fraction of sp³-hybridized carbons (Fsp3) is 0.632. The van der Waals surface area contributed by atoms with Crippen LogP contribution >= 0.6 is 23.5 Å². The topological polar surface area (TPSA) is 37.3 Å². The average Bonchev–Trinajstić information content (AvgIpc) is 2.53. The number of unbranched alkanes of at least 4 members (excludes halogenated alkanes) is 2. The largest absolute Gasteiger partial charge is 0.481 e. The lowest BCUT2D eigenvalue weighted by molar-refractivity contribution is -0.136. The van der Waals surface area contributed by atoms with Crippen molar-refractivity contribution in [2.75, 3.05) is 23.0 Å². The molecule has 0 unspecified atom stereocenters. The molecule has 0 fully saturated rings. The van der Waals surface area contributed by atoms with Gasteiger partial charge in [0.1, 0.15) is 0 Å². The second-order valence-electron chi connectivity index (χ2n) is 5.21. The van der Waals surface area contributed by atoms with E-state index < -0.39 is 5.97 Å². The number of carboxylic acids is 1. The third kappa shape index (κ3) is 21.4. The van der Waals surface area contributed by atoms with Gasteiger partial charge in [0.2, 0.25) is 0 Å². The van der Waals surface area contributed by atoms with Crippen LogP contribution in [-0.4, -0.2) is 34.1 Å². The lowest BCUT2D eigenvalue weighted by atomic mass is 10.2. The van der Waals surface area contributed by atoms with Crippen LogP contribution in [0.1, 0.15) is 51.9 Å². The van der Waals surface area contributed by atoms with E-state index >= 15 is 0 Å². The van der Waals surface area contributed by atoms with E-state index in [1.54, 1.807) is 11.8 Å². The summed E-state index contributed by atoms with van der Waals surface area (Å²) in [7, 11) is 0. The van der Waals surface area contributed by atoms with Crippen molar-refractivity contribution in [3.05, 3.63) is 36.5 Å². The highest BCUT2D eigenvalue weighted by Gasteiger charge is 1.95. The van der Waals surface area contributed by atoms with Crippen molar-refractivity contribution in [2.45, 2.75) is 51.9 Å². The van der Waals surface area contributed by atoms with E-state index in [1.165, 1.54) is 25.0 Å². The fourth-order valence-electron chi connectivity index (χ4n) is 1.75. The van der Waals surface area contributed by atoms with Gasteiger partial charge in [-0.05, 0) is 50.0 Å². The Morgan fingerprint density at radius 1 is 0.870 bits per heavy atom. The van der Waals surface area contributed by atoms with Gasteiger partial charge in [0.05, 0.1) is 6.42 Å². The maximum Gasteiger partial charge on any atom is 0.304 e. The molecule has 23 heavy (non-hydrogen) atoms. The van der Waals surface area contributed by atoms with Gasteiger partial charge in [-0.3, -0.25) is 4.79 Å². The SMILES string of the molecule is CCCSC/C=C/C/C=C/C/C=C/CCCCSCCC(=O)O. The van der Waals surface area contributed by atoms with Crippen LogP contribution in [0.5, 0.6) is 0 Å². The van der Waals surface area contributed by atoms with Gasteiger partial charge in [-0.1, -0.05) is 43.4 Å². The van der Waals surface area contributed by atoms with Crippen molar-refractivity contribution in [1.29, 1.82) is 0 Å². The molecule has 0 aliphatic carbocycles. The zero-order valence-electron chi connectivity index (χ0n) is 14.4. The molecule has 2 nitrogen and oxygen atoms in total. The Balaban J connectivity index is 3.27. The second kappa shape index (κ2) is 19.4. The molecule has 0 spiro atoms. The van der Waals surface area contributed by atoms with Crippen molar-refractivity contribution in [3.8, 4) is 0 Å². The summed E-state index contributed by atoms with van der Waals surface area (Å²) < 4.78 is 0.